The van der Waals surface area contributed by atoms with Crippen molar-refractivity contribution in [3.63, 3.8) is 0 Å². The van der Waals surface area contributed by atoms with E-state index >= 15 is 0 Å². The van der Waals surface area contributed by atoms with Crippen LogP contribution in [-0.4, -0.2) is 0 Å². The Hall–Kier alpha value is 0.220. The molecule has 0 radical (unpaired) electrons. The Balaban J connectivity index is 3.45. The van der Waals surface area contributed by atoms with Crippen molar-refractivity contribution in [3.8, 4) is 0 Å². The van der Waals surface area contributed by atoms with Gasteiger partial charge in [0.25, 0.3) is 0 Å². The Morgan fingerprint density at radius 3 is 2.00 bits per heavy atom. The predicted molar refractivity (Wildman–Crippen MR) is 37.5 cm³/mol. The molecular formula is C6H11Br. The van der Waals surface area contributed by atoms with E-state index in [-0.39, 0.29) is 0 Å². The maximum atomic E-state index is 3.34. The Bertz CT molecular complexity index is 68.2. The van der Waals surface area contributed by atoms with E-state index in [2.05, 4.69) is 35.9 Å². The van der Waals surface area contributed by atoms with Gasteiger partial charge in [0.05, 0.1) is 0 Å². The first-order chi connectivity index (χ1) is 3.13. The Kier molecular flexibility index (Phi) is 3.35. The summed E-state index contributed by atoms with van der Waals surface area (Å²) < 4.78 is 1.22. The van der Waals surface area contributed by atoms with Gasteiger partial charge < -0.3 is 0 Å². The van der Waals surface area contributed by atoms with Gasteiger partial charge in [-0.3, -0.25) is 0 Å². The lowest BCUT2D eigenvalue weighted by Gasteiger charge is -1.91. The van der Waals surface area contributed by atoms with Crippen LogP contribution in [0.3, 0.4) is 0 Å². The third-order valence-electron chi connectivity index (χ3n) is 0.563. The molecule has 0 fully saturated rings. The van der Waals surface area contributed by atoms with Crippen molar-refractivity contribution in [3.05, 3.63) is 10.6 Å². The Morgan fingerprint density at radius 1 is 1.57 bits per heavy atom. The molecular weight excluding hydrogens is 152 g/mol. The molecule has 0 spiro atoms. The van der Waals surface area contributed by atoms with Gasteiger partial charge >= 0.3 is 0 Å². The van der Waals surface area contributed by atoms with Crippen LogP contribution in [0.4, 0.5) is 0 Å². The normalized spacial score (nSPS) is 13.0. The van der Waals surface area contributed by atoms with Crippen LogP contribution in [0.1, 0.15) is 20.8 Å². The fourth-order valence-corrected chi connectivity index (χ4v) is 0.988. The number of hydrogen-bond donors (Lipinski definition) is 0. The summed E-state index contributed by atoms with van der Waals surface area (Å²) >= 11 is 3.34. The van der Waals surface area contributed by atoms with Crippen LogP contribution in [0.15, 0.2) is 10.6 Å². The van der Waals surface area contributed by atoms with Gasteiger partial charge in [0.15, 0.2) is 0 Å². The number of hydrogen-bond acceptors (Lipinski definition) is 0. The van der Waals surface area contributed by atoms with Gasteiger partial charge in [-0.25, -0.2) is 0 Å². The van der Waals surface area contributed by atoms with E-state index in [4.69, 9.17) is 0 Å². The molecule has 0 bridgehead atoms. The Morgan fingerprint density at radius 2 is 2.00 bits per heavy atom. The largest absolute Gasteiger partial charge is 0.0721 e. The summed E-state index contributed by atoms with van der Waals surface area (Å²) in [6.07, 6.45) is 2.17. The molecule has 0 aromatic rings. The van der Waals surface area contributed by atoms with E-state index in [0.717, 1.165) is 0 Å². The number of rotatable bonds is 1. The highest BCUT2D eigenvalue weighted by Gasteiger charge is 1.83. The smallest absolute Gasteiger partial charge is 0.0118 e. The average molecular weight is 163 g/mol. The second kappa shape index (κ2) is 3.25. The standard InChI is InChI=1S/C6H11Br/c1-5(2)4-6(3)7/h4-5H,1-3H3/b6-4+. The highest BCUT2D eigenvalue weighted by Crippen LogP contribution is 2.06. The zero-order chi connectivity index (χ0) is 5.86. The van der Waals surface area contributed by atoms with Crippen LogP contribution in [0, 0.1) is 5.92 Å². The average Bonchev–Trinajstić information content (AvgIpc) is 1.27. The highest BCUT2D eigenvalue weighted by atomic mass is 79.9. The van der Waals surface area contributed by atoms with Gasteiger partial charge in [-0.05, 0) is 17.3 Å². The van der Waals surface area contributed by atoms with E-state index in [9.17, 15) is 0 Å². The molecule has 0 aliphatic carbocycles. The van der Waals surface area contributed by atoms with Gasteiger partial charge in [-0.15, -0.1) is 0 Å². The number of halogens is 1. The molecule has 0 unspecified atom stereocenters. The molecule has 0 N–H and O–H groups in total. The van der Waals surface area contributed by atoms with E-state index in [1.165, 1.54) is 4.48 Å². The summed E-state index contributed by atoms with van der Waals surface area (Å²) in [5.74, 6) is 0.666. The Labute approximate surface area is 53.7 Å². The van der Waals surface area contributed by atoms with Crippen molar-refractivity contribution < 1.29 is 0 Å². The zero-order valence-corrected chi connectivity index (χ0v) is 6.62. The van der Waals surface area contributed by atoms with Crippen molar-refractivity contribution in [2.45, 2.75) is 20.8 Å². The molecule has 0 aliphatic heterocycles. The van der Waals surface area contributed by atoms with E-state index in [1.54, 1.807) is 0 Å². The van der Waals surface area contributed by atoms with Gasteiger partial charge in [-0.2, -0.15) is 0 Å². The van der Waals surface area contributed by atoms with Crippen LogP contribution >= 0.6 is 15.9 Å². The molecule has 0 saturated carbocycles. The molecule has 0 aliphatic rings. The molecule has 0 heterocycles. The van der Waals surface area contributed by atoms with E-state index < -0.39 is 0 Å². The molecule has 1 heteroatoms. The third-order valence-corrected chi connectivity index (χ3v) is 0.827. The fraction of sp³-hybridized carbons (Fsp3) is 0.667. The van der Waals surface area contributed by atoms with E-state index in [1.807, 2.05) is 6.92 Å². The predicted octanol–water partition coefficient (Wildman–Crippen LogP) is 2.94. The molecule has 0 saturated heterocycles. The van der Waals surface area contributed by atoms with Gasteiger partial charge in [0.1, 0.15) is 0 Å². The van der Waals surface area contributed by atoms with Gasteiger partial charge in [0.2, 0.25) is 0 Å². The molecule has 0 aromatic heterocycles. The third kappa shape index (κ3) is 6.22. The topological polar surface area (TPSA) is 0 Å². The molecule has 0 atom stereocenters. The van der Waals surface area contributed by atoms with Crippen molar-refractivity contribution in [1.29, 1.82) is 0 Å². The first-order valence-corrected chi connectivity index (χ1v) is 3.26. The minimum Gasteiger partial charge on any atom is -0.0721 e. The second-order valence-corrected chi connectivity index (χ2v) is 3.25. The molecule has 0 rings (SSSR count). The highest BCUT2D eigenvalue weighted by molar-refractivity contribution is 9.11. The summed E-state index contributed by atoms with van der Waals surface area (Å²) in [5.41, 5.74) is 0. The molecule has 7 heavy (non-hydrogen) atoms. The summed E-state index contributed by atoms with van der Waals surface area (Å²) in [6.45, 7) is 6.36. The van der Waals surface area contributed by atoms with Crippen LogP contribution in [0.25, 0.3) is 0 Å². The second-order valence-electron chi connectivity index (χ2n) is 2.00. The fourth-order valence-electron chi connectivity index (χ4n) is 0.459. The van der Waals surface area contributed by atoms with Crippen molar-refractivity contribution in [2.24, 2.45) is 5.92 Å². The molecule has 0 nitrogen and oxygen atoms in total. The summed E-state index contributed by atoms with van der Waals surface area (Å²) in [7, 11) is 0. The lowest BCUT2D eigenvalue weighted by molar-refractivity contribution is 0.829. The molecule has 0 aromatic carbocycles. The van der Waals surface area contributed by atoms with Gasteiger partial charge in [-0.1, -0.05) is 35.9 Å². The lowest BCUT2D eigenvalue weighted by Crippen LogP contribution is -1.76. The summed E-state index contributed by atoms with van der Waals surface area (Å²) in [4.78, 5) is 0. The van der Waals surface area contributed by atoms with E-state index in [0.29, 0.717) is 5.92 Å². The van der Waals surface area contributed by atoms with Gasteiger partial charge in [0, 0.05) is 0 Å². The molecule has 0 amide bonds. The monoisotopic (exact) mass is 162 g/mol. The maximum Gasteiger partial charge on any atom is -0.0118 e. The maximum absolute atomic E-state index is 3.34. The SMILES string of the molecule is C/C(Br)=C\C(C)C. The zero-order valence-electron chi connectivity index (χ0n) is 5.03. The first-order valence-electron chi connectivity index (χ1n) is 2.47. The quantitative estimate of drug-likeness (QED) is 0.557. The van der Waals surface area contributed by atoms with Crippen molar-refractivity contribution in [1.82, 2.24) is 0 Å². The minimum atomic E-state index is 0.666. The summed E-state index contributed by atoms with van der Waals surface area (Å²) in [5, 5.41) is 0. The minimum absolute atomic E-state index is 0.666. The first kappa shape index (κ1) is 7.22. The summed E-state index contributed by atoms with van der Waals surface area (Å²) in [6, 6.07) is 0. The van der Waals surface area contributed by atoms with Crippen LogP contribution < -0.4 is 0 Å². The molecule has 42 valence electrons. The number of allylic oxidation sites excluding steroid dienone is 2. The van der Waals surface area contributed by atoms with Crippen LogP contribution in [0.5, 0.6) is 0 Å². The van der Waals surface area contributed by atoms with Crippen LogP contribution in [-0.2, 0) is 0 Å². The lowest BCUT2D eigenvalue weighted by atomic mass is 10.2. The van der Waals surface area contributed by atoms with Crippen molar-refractivity contribution in [2.75, 3.05) is 0 Å². The van der Waals surface area contributed by atoms with Crippen molar-refractivity contribution >= 4 is 15.9 Å². The van der Waals surface area contributed by atoms with Crippen LogP contribution in [0.2, 0.25) is 0 Å².